The van der Waals surface area contributed by atoms with Gasteiger partial charge in [0.15, 0.2) is 16.8 Å². The van der Waals surface area contributed by atoms with Gasteiger partial charge in [-0.25, -0.2) is 13.8 Å². The lowest BCUT2D eigenvalue weighted by molar-refractivity contribution is -0.131. The molecule has 1 saturated carbocycles. The topological polar surface area (TPSA) is 77.8 Å². The van der Waals surface area contributed by atoms with E-state index in [2.05, 4.69) is 15.3 Å². The van der Waals surface area contributed by atoms with Crippen molar-refractivity contribution < 1.29 is 18.7 Å². The number of rotatable bonds is 4. The highest BCUT2D eigenvalue weighted by atomic mass is 32.1. The zero-order valence-electron chi connectivity index (χ0n) is 15.6. The maximum Gasteiger partial charge on any atom is 0.251 e. The normalized spacial score (nSPS) is 21.5. The maximum absolute atomic E-state index is 13.9. The number of hydrogen-bond donors (Lipinski definition) is 2. The fraction of sp³-hybridized carbons (Fsp3) is 0.450. The van der Waals surface area contributed by atoms with Gasteiger partial charge in [-0.3, -0.25) is 9.79 Å². The molecule has 1 unspecified atom stereocenters. The number of aliphatic hydroxyl groups is 1. The maximum atomic E-state index is 13.9. The van der Waals surface area contributed by atoms with Crippen molar-refractivity contribution in [2.45, 2.75) is 43.9 Å². The molecule has 152 valence electrons. The molecule has 1 aromatic carbocycles. The van der Waals surface area contributed by atoms with E-state index in [1.807, 2.05) is 0 Å². The van der Waals surface area contributed by atoms with Gasteiger partial charge in [0.1, 0.15) is 6.04 Å². The predicted octanol–water partition coefficient (Wildman–Crippen LogP) is 1.12. The Hall–Kier alpha value is -2.39. The van der Waals surface area contributed by atoms with E-state index in [0.29, 0.717) is 31.4 Å². The van der Waals surface area contributed by atoms with Gasteiger partial charge < -0.3 is 15.3 Å². The van der Waals surface area contributed by atoms with Crippen LogP contribution in [0, 0.1) is 11.6 Å². The van der Waals surface area contributed by atoms with Crippen LogP contribution in [-0.2, 0) is 17.8 Å². The smallest absolute Gasteiger partial charge is 0.251 e. The Morgan fingerprint density at radius 2 is 2.21 bits per heavy atom. The van der Waals surface area contributed by atoms with E-state index in [4.69, 9.17) is 0 Å². The fourth-order valence-electron chi connectivity index (χ4n) is 3.95. The van der Waals surface area contributed by atoms with Crippen LogP contribution in [0.5, 0.6) is 0 Å². The molecule has 29 heavy (non-hydrogen) atoms. The monoisotopic (exact) mass is 418 g/mol. The number of fused-ring (bicyclic) bond motifs is 2. The molecule has 6 nitrogen and oxygen atoms in total. The number of aromatic nitrogens is 1. The summed E-state index contributed by atoms with van der Waals surface area (Å²) in [7, 11) is 0. The quantitative estimate of drug-likeness (QED) is 0.780. The summed E-state index contributed by atoms with van der Waals surface area (Å²) >= 11 is 1.49. The van der Waals surface area contributed by atoms with Crippen LogP contribution in [0.4, 0.5) is 13.9 Å². The van der Waals surface area contributed by atoms with Crippen molar-refractivity contribution in [1.82, 2.24) is 9.88 Å². The third-order valence-corrected chi connectivity index (χ3v) is 6.90. The van der Waals surface area contributed by atoms with Crippen LogP contribution in [0.3, 0.4) is 0 Å². The van der Waals surface area contributed by atoms with Crippen molar-refractivity contribution >= 4 is 28.5 Å². The largest absolute Gasteiger partial charge is 0.388 e. The summed E-state index contributed by atoms with van der Waals surface area (Å²) in [5, 5.41) is 14.6. The summed E-state index contributed by atoms with van der Waals surface area (Å²) in [6, 6.07) is 1.58. The van der Waals surface area contributed by atoms with Gasteiger partial charge >= 0.3 is 0 Å². The molecule has 0 saturated heterocycles. The third kappa shape index (κ3) is 3.32. The second kappa shape index (κ2) is 6.84. The van der Waals surface area contributed by atoms with Gasteiger partial charge in [0.05, 0.1) is 23.2 Å². The van der Waals surface area contributed by atoms with Crippen LogP contribution >= 0.6 is 11.3 Å². The summed E-state index contributed by atoms with van der Waals surface area (Å²) in [5.41, 5.74) is 0.337. The molecule has 1 amide bonds. The summed E-state index contributed by atoms with van der Waals surface area (Å²) in [4.78, 5) is 24.4. The molecule has 9 heteroatoms. The number of carbonyl (C=O) groups excluding carboxylic acids is 1. The molecule has 2 N–H and O–H groups in total. The van der Waals surface area contributed by atoms with Crippen LogP contribution in [0.15, 0.2) is 17.1 Å². The number of thiazole rings is 1. The molecular weight excluding hydrogens is 398 g/mol. The van der Waals surface area contributed by atoms with Gasteiger partial charge in [0.2, 0.25) is 0 Å². The SMILES string of the molecule is O=C(C1C=c2c(F)c(F)ccc2=N1)N1CCc2nc(NCC3(O)CCC3)sc2C1. The molecule has 2 aliphatic heterocycles. The lowest BCUT2D eigenvalue weighted by Crippen LogP contribution is -2.43. The Morgan fingerprint density at radius 1 is 1.38 bits per heavy atom. The molecule has 3 heterocycles. The van der Waals surface area contributed by atoms with Crippen molar-refractivity contribution in [1.29, 1.82) is 0 Å². The molecule has 1 fully saturated rings. The zero-order chi connectivity index (χ0) is 20.2. The molecule has 1 atom stereocenters. The highest BCUT2D eigenvalue weighted by molar-refractivity contribution is 7.15. The summed E-state index contributed by atoms with van der Waals surface area (Å²) in [6.45, 7) is 1.41. The molecule has 3 aliphatic rings. The van der Waals surface area contributed by atoms with Crippen LogP contribution in [0.2, 0.25) is 0 Å². The van der Waals surface area contributed by atoms with Crippen molar-refractivity contribution in [3.05, 3.63) is 44.9 Å². The van der Waals surface area contributed by atoms with E-state index in [1.54, 1.807) is 4.90 Å². The molecule has 2 aromatic rings. The van der Waals surface area contributed by atoms with Gasteiger partial charge in [-0.15, -0.1) is 0 Å². The number of anilines is 1. The zero-order valence-corrected chi connectivity index (χ0v) is 16.4. The van der Waals surface area contributed by atoms with Gasteiger partial charge in [-0.05, 0) is 37.5 Å². The minimum absolute atomic E-state index is 0.0549. The van der Waals surface area contributed by atoms with Gasteiger partial charge in [-0.2, -0.15) is 0 Å². The van der Waals surface area contributed by atoms with Gasteiger partial charge in [-0.1, -0.05) is 11.3 Å². The van der Waals surface area contributed by atoms with E-state index in [9.17, 15) is 18.7 Å². The Morgan fingerprint density at radius 3 is 2.97 bits per heavy atom. The second-order valence-corrected chi connectivity index (χ2v) is 8.95. The van der Waals surface area contributed by atoms with Crippen LogP contribution in [-0.4, -0.2) is 45.6 Å². The van der Waals surface area contributed by atoms with Crippen LogP contribution in [0.1, 0.15) is 29.8 Å². The van der Waals surface area contributed by atoms with Crippen molar-refractivity contribution in [2.24, 2.45) is 4.99 Å². The molecule has 1 aromatic heterocycles. The summed E-state index contributed by atoms with van der Waals surface area (Å²) in [5.74, 6) is -2.13. The average Bonchev–Trinajstić information content (AvgIpc) is 3.30. The van der Waals surface area contributed by atoms with Gasteiger partial charge in [0, 0.05) is 29.6 Å². The standard InChI is InChI=1S/C20H20F2N4O2S/c21-12-2-3-13-11(17(12)22)8-15(24-13)18(27)26-7-4-14-16(9-26)29-19(25-14)23-10-20(28)5-1-6-20/h2-3,8,15,28H,1,4-7,9-10H2,(H,23,25). The number of nitrogens with one attached hydrogen (secondary N) is 1. The lowest BCUT2D eigenvalue weighted by atomic mass is 9.80. The minimum atomic E-state index is -0.964. The first-order valence-electron chi connectivity index (χ1n) is 9.69. The molecular formula is C20H20F2N4O2S. The van der Waals surface area contributed by atoms with Crippen molar-refractivity contribution in [2.75, 3.05) is 18.4 Å². The Kier molecular flexibility index (Phi) is 4.40. The second-order valence-electron chi connectivity index (χ2n) is 7.86. The molecule has 0 spiro atoms. The average molecular weight is 418 g/mol. The molecule has 5 rings (SSSR count). The summed E-state index contributed by atoms with van der Waals surface area (Å²) < 4.78 is 27.4. The number of benzene rings is 1. The van der Waals surface area contributed by atoms with E-state index in [1.165, 1.54) is 23.5 Å². The van der Waals surface area contributed by atoms with Crippen LogP contribution < -0.4 is 15.9 Å². The first-order chi connectivity index (χ1) is 13.9. The van der Waals surface area contributed by atoms with E-state index < -0.39 is 23.3 Å². The van der Waals surface area contributed by atoms with E-state index in [-0.39, 0.29) is 11.1 Å². The third-order valence-electron chi connectivity index (χ3n) is 5.86. The Balaban J connectivity index is 1.29. The molecule has 0 bridgehead atoms. The lowest BCUT2D eigenvalue weighted by Gasteiger charge is -2.36. The highest BCUT2D eigenvalue weighted by Crippen LogP contribution is 2.33. The highest BCUT2D eigenvalue weighted by Gasteiger charge is 2.35. The Labute approximate surface area is 169 Å². The van der Waals surface area contributed by atoms with Gasteiger partial charge in [0.25, 0.3) is 5.91 Å². The Bertz CT molecular complexity index is 1110. The minimum Gasteiger partial charge on any atom is -0.388 e. The van der Waals surface area contributed by atoms with Crippen LogP contribution in [0.25, 0.3) is 6.08 Å². The number of hydrogen-bond acceptors (Lipinski definition) is 6. The van der Waals surface area contributed by atoms with Crippen molar-refractivity contribution in [3.8, 4) is 0 Å². The van der Waals surface area contributed by atoms with Crippen molar-refractivity contribution in [3.63, 3.8) is 0 Å². The predicted molar refractivity (Wildman–Crippen MR) is 104 cm³/mol. The number of amides is 1. The first kappa shape index (κ1) is 18.6. The molecule has 0 radical (unpaired) electrons. The van der Waals surface area contributed by atoms with E-state index >= 15 is 0 Å². The van der Waals surface area contributed by atoms with E-state index in [0.717, 1.165) is 41.0 Å². The fourth-order valence-corrected chi connectivity index (χ4v) is 4.97. The first-order valence-corrected chi connectivity index (χ1v) is 10.5. The number of carbonyl (C=O) groups is 1. The molecule has 1 aliphatic carbocycles. The number of halogens is 2. The summed E-state index contributed by atoms with van der Waals surface area (Å²) in [6.07, 6.45) is 4.69. The number of nitrogens with zero attached hydrogens (tertiary/aromatic N) is 3.